The molecular formula is C51H84N16O13. The van der Waals surface area contributed by atoms with Gasteiger partial charge in [0, 0.05) is 37.9 Å². The van der Waals surface area contributed by atoms with Crippen LogP contribution in [0.5, 0.6) is 0 Å². The minimum Gasteiger partial charge on any atom is -0.480 e. The number of nitrogens with zero attached hydrogens (tertiary/aromatic N) is 3. The third kappa shape index (κ3) is 24.5. The van der Waals surface area contributed by atoms with Gasteiger partial charge in [0.05, 0.1) is 37.7 Å². The molecule has 0 spiro atoms. The molecule has 20 N–H and O–H groups in total. The summed E-state index contributed by atoms with van der Waals surface area (Å²) in [5, 5.41) is 51.0. The van der Waals surface area contributed by atoms with Crippen molar-refractivity contribution in [1.29, 1.82) is 0 Å². The topological polar surface area (TPSA) is 476 Å². The number of H-pyrrole nitrogens is 1. The van der Waals surface area contributed by atoms with Crippen molar-refractivity contribution in [3.8, 4) is 0 Å². The predicted molar refractivity (Wildman–Crippen MR) is 293 cm³/mol. The summed E-state index contributed by atoms with van der Waals surface area (Å²) in [5.74, 6) is -9.80. The van der Waals surface area contributed by atoms with E-state index in [2.05, 4.69) is 57.5 Å². The van der Waals surface area contributed by atoms with E-state index in [4.69, 9.17) is 22.9 Å². The van der Waals surface area contributed by atoms with Gasteiger partial charge >= 0.3 is 5.97 Å². The fraction of sp³-hybridized carbons (Fsp3) is 0.608. The van der Waals surface area contributed by atoms with Crippen molar-refractivity contribution in [2.75, 3.05) is 32.7 Å². The standard InChI is InChI=1S/C51H84N16O13/c1-8-28(4)40(48(77)63-37(50(79)80)21-27(2)3)64-38(70)25-67(20-18-52)39(71)24-58-47(76)41(30(6)68)66-49(78)42(31(7)69)65-46(75)36(22-33-23-56-26-59-33)62-45(74)35(17-16-32-13-10-9-11-14-32)61-43(72)29(5)60-44(73)34(53)15-12-19-57-51(54)55/h9-11,13-14,23,26-31,34-37,40-42,68-69H,8,12,15-22,24-25,52-53H2,1-7H3,(H,56,59)(H,58,76)(H,60,73)(H,61,72)(H,62,74)(H,63,77)(H,64,70)(H,65,75)(H,66,78)(H,79,80)(H4,54,55,57)/t28?,29-,30+,31+,34-,35-,36-,37+,40-,41-,42-/m0/s1. The Hall–Kier alpha value is -7.76. The maximum Gasteiger partial charge on any atom is 0.326 e. The van der Waals surface area contributed by atoms with Crippen molar-refractivity contribution in [1.82, 2.24) is 57.4 Å². The van der Waals surface area contributed by atoms with Gasteiger partial charge in [0.25, 0.3) is 0 Å². The Morgan fingerprint density at radius 2 is 1.30 bits per heavy atom. The van der Waals surface area contributed by atoms with Crippen LogP contribution in [-0.4, -0.2) is 189 Å². The van der Waals surface area contributed by atoms with Gasteiger partial charge in [-0.1, -0.05) is 64.4 Å². The SMILES string of the molecule is CCC(C)[C@H](NC(=O)CN(CCN)C(=O)CNC(=O)[C@@H](NC(=O)[C@@H](NC(=O)[C@H](Cc1cnc[nH]1)NC(=O)[C@H](CCc1ccccc1)NC(=O)[C@H](C)NC(=O)[C@@H](N)CCCN=C(N)N)[C@@H](C)O)[C@@H](C)O)C(=O)N[C@H](CC(C)C)C(=O)O. The number of nitrogens with two attached hydrogens (primary N) is 4. The molecule has 0 fully saturated rings. The monoisotopic (exact) mass is 1130 g/mol. The van der Waals surface area contributed by atoms with E-state index in [0.29, 0.717) is 18.5 Å². The van der Waals surface area contributed by atoms with Crippen molar-refractivity contribution in [3.63, 3.8) is 0 Å². The van der Waals surface area contributed by atoms with Crippen molar-refractivity contribution in [2.45, 2.75) is 154 Å². The molecule has 0 saturated carbocycles. The largest absolute Gasteiger partial charge is 0.480 e. The van der Waals surface area contributed by atoms with E-state index < -0.39 is 139 Å². The van der Waals surface area contributed by atoms with Crippen LogP contribution in [0.3, 0.4) is 0 Å². The number of aromatic nitrogens is 2. The number of imidazole rings is 1. The second kappa shape index (κ2) is 35.0. The number of aryl methyl sites for hydroxylation is 1. The summed E-state index contributed by atoms with van der Waals surface area (Å²) in [6.07, 6.45) is 0.533. The van der Waals surface area contributed by atoms with E-state index in [0.717, 1.165) is 24.3 Å². The molecule has 80 heavy (non-hydrogen) atoms. The van der Waals surface area contributed by atoms with Gasteiger partial charge < -0.3 is 90.7 Å². The maximum absolute atomic E-state index is 14.2. The lowest BCUT2D eigenvalue weighted by atomic mass is 9.97. The van der Waals surface area contributed by atoms with Gasteiger partial charge in [-0.25, -0.2) is 9.78 Å². The normalized spacial score (nSPS) is 15.2. The molecule has 0 aliphatic heterocycles. The number of hydrogen-bond donors (Lipinski definition) is 16. The molecule has 1 heterocycles. The van der Waals surface area contributed by atoms with Crippen LogP contribution >= 0.6 is 0 Å². The number of aliphatic carboxylic acids is 1. The Kier molecular flexibility index (Phi) is 29.9. The van der Waals surface area contributed by atoms with Crippen LogP contribution in [0, 0.1) is 11.8 Å². The molecule has 1 unspecified atom stereocenters. The van der Waals surface area contributed by atoms with Crippen LogP contribution < -0.4 is 65.5 Å². The number of aliphatic imine (C=N–C) groups is 1. The van der Waals surface area contributed by atoms with Crippen LogP contribution in [0.4, 0.5) is 0 Å². The van der Waals surface area contributed by atoms with Gasteiger partial charge in [0.1, 0.15) is 42.3 Å². The molecule has 1 aromatic heterocycles. The zero-order chi connectivity index (χ0) is 60.2. The first-order valence-electron chi connectivity index (χ1n) is 26.5. The van der Waals surface area contributed by atoms with Crippen molar-refractivity contribution >= 4 is 65.1 Å². The number of aromatic amines is 1. The number of carboxylic acids is 1. The highest BCUT2D eigenvalue weighted by molar-refractivity contribution is 5.98. The second-order valence-corrected chi connectivity index (χ2v) is 19.9. The number of benzene rings is 1. The van der Waals surface area contributed by atoms with E-state index >= 15 is 0 Å². The maximum atomic E-state index is 14.2. The lowest BCUT2D eigenvalue weighted by Gasteiger charge is -2.29. The van der Waals surface area contributed by atoms with Crippen molar-refractivity contribution in [3.05, 3.63) is 54.1 Å². The first-order valence-corrected chi connectivity index (χ1v) is 26.5. The van der Waals surface area contributed by atoms with Crippen LogP contribution in [-0.2, 0) is 60.8 Å². The highest BCUT2D eigenvalue weighted by Gasteiger charge is 2.36. The van der Waals surface area contributed by atoms with Crippen molar-refractivity contribution < 1.29 is 63.3 Å². The van der Waals surface area contributed by atoms with Crippen LogP contribution in [0.2, 0.25) is 0 Å². The molecule has 9 amide bonds. The van der Waals surface area contributed by atoms with Crippen LogP contribution in [0.25, 0.3) is 0 Å². The molecule has 0 saturated heterocycles. The molecule has 2 aromatic rings. The van der Waals surface area contributed by atoms with E-state index in [9.17, 15) is 63.3 Å². The Morgan fingerprint density at radius 3 is 1.86 bits per heavy atom. The average Bonchev–Trinajstić information content (AvgIpc) is 3.92. The van der Waals surface area contributed by atoms with Crippen LogP contribution in [0.1, 0.15) is 91.8 Å². The molecule has 0 bridgehead atoms. The molecule has 446 valence electrons. The van der Waals surface area contributed by atoms with Gasteiger partial charge in [0.15, 0.2) is 5.96 Å². The Balaban J connectivity index is 2.27. The second-order valence-electron chi connectivity index (χ2n) is 19.9. The lowest BCUT2D eigenvalue weighted by molar-refractivity contribution is -0.143. The fourth-order valence-corrected chi connectivity index (χ4v) is 7.84. The summed E-state index contributed by atoms with van der Waals surface area (Å²) < 4.78 is 0. The smallest absolute Gasteiger partial charge is 0.326 e. The minimum atomic E-state index is -1.83. The van der Waals surface area contributed by atoms with Gasteiger partial charge in [-0.15, -0.1) is 0 Å². The molecular weight excluding hydrogens is 1040 g/mol. The molecule has 0 aliphatic carbocycles. The highest BCUT2D eigenvalue weighted by atomic mass is 16.4. The number of guanidine groups is 1. The molecule has 29 nitrogen and oxygen atoms in total. The number of rotatable bonds is 36. The molecule has 11 atom stereocenters. The third-order valence-electron chi connectivity index (χ3n) is 12.6. The summed E-state index contributed by atoms with van der Waals surface area (Å²) in [5.41, 5.74) is 23.6. The van der Waals surface area contributed by atoms with Gasteiger partial charge in [-0.3, -0.25) is 48.1 Å². The number of hydrogen-bond acceptors (Lipinski definition) is 16. The summed E-state index contributed by atoms with van der Waals surface area (Å²) in [6.45, 7) is 9.22. The zero-order valence-electron chi connectivity index (χ0n) is 46.5. The van der Waals surface area contributed by atoms with Gasteiger partial charge in [-0.2, -0.15) is 0 Å². The van der Waals surface area contributed by atoms with Gasteiger partial charge in [-0.05, 0) is 70.3 Å². The summed E-state index contributed by atoms with van der Waals surface area (Å²) in [7, 11) is 0. The van der Waals surface area contributed by atoms with E-state index in [1.54, 1.807) is 45.9 Å². The minimum absolute atomic E-state index is 0.00794. The first kappa shape index (κ1) is 68.3. The predicted octanol–water partition coefficient (Wildman–Crippen LogP) is -4.78. The highest BCUT2D eigenvalue weighted by Crippen LogP contribution is 2.13. The molecule has 0 radical (unpaired) electrons. The third-order valence-corrected chi connectivity index (χ3v) is 12.6. The average molecular weight is 1130 g/mol. The van der Waals surface area contributed by atoms with Crippen molar-refractivity contribution in [2.24, 2.45) is 39.8 Å². The van der Waals surface area contributed by atoms with E-state index in [-0.39, 0.29) is 63.6 Å². The molecule has 29 heteroatoms. The number of carbonyl (C=O) groups is 10. The Morgan fingerprint density at radius 1 is 0.713 bits per heavy atom. The zero-order valence-corrected chi connectivity index (χ0v) is 46.5. The first-order chi connectivity index (χ1) is 37.7. The number of aliphatic hydroxyl groups excluding tert-OH is 2. The number of amides is 9. The molecule has 0 aliphatic rings. The number of carbonyl (C=O) groups excluding carboxylic acids is 9. The van der Waals surface area contributed by atoms with E-state index in [1.807, 2.05) is 12.1 Å². The quantitative estimate of drug-likeness (QED) is 0.0173. The summed E-state index contributed by atoms with van der Waals surface area (Å²) in [6, 6.07) is -2.06. The van der Waals surface area contributed by atoms with E-state index in [1.165, 1.54) is 19.4 Å². The van der Waals surface area contributed by atoms with Crippen LogP contribution in [0.15, 0.2) is 47.8 Å². The molecule has 2 rings (SSSR count). The summed E-state index contributed by atoms with van der Waals surface area (Å²) >= 11 is 0. The fourth-order valence-electron chi connectivity index (χ4n) is 7.84. The Labute approximate surface area is 465 Å². The number of nitrogens with one attached hydrogen (secondary N) is 9. The molecule has 1 aromatic carbocycles. The number of aliphatic hydroxyl groups is 2. The van der Waals surface area contributed by atoms with Gasteiger partial charge in [0.2, 0.25) is 53.2 Å². The number of carboxylic acid groups (broad SMARTS) is 1. The Bertz CT molecular complexity index is 2370. The lowest BCUT2D eigenvalue weighted by Crippen LogP contribution is -2.62. The summed E-state index contributed by atoms with van der Waals surface area (Å²) in [4.78, 5) is 146.